The molecule has 0 radical (unpaired) electrons. The van der Waals surface area contributed by atoms with Crippen molar-refractivity contribution in [2.24, 2.45) is 7.05 Å². The Bertz CT molecular complexity index is 1080. The first-order chi connectivity index (χ1) is 11.7. The fraction of sp³-hybridized carbons (Fsp3) is 0.105. The van der Waals surface area contributed by atoms with E-state index in [0.717, 1.165) is 33.3 Å². The highest BCUT2D eigenvalue weighted by Gasteiger charge is 2.15. The molecule has 2 aromatic carbocycles. The molecule has 0 amide bonds. The largest absolute Gasteiger partial charge is 0.465 e. The summed E-state index contributed by atoms with van der Waals surface area (Å²) in [7, 11) is 3.32. The van der Waals surface area contributed by atoms with Gasteiger partial charge in [0, 0.05) is 24.2 Å². The Kier molecular flexibility index (Phi) is 3.27. The zero-order valence-electron chi connectivity index (χ0n) is 13.4. The molecule has 0 fully saturated rings. The molecule has 5 nitrogen and oxygen atoms in total. The van der Waals surface area contributed by atoms with Gasteiger partial charge in [-0.3, -0.25) is 4.98 Å². The lowest BCUT2D eigenvalue weighted by Gasteiger charge is -2.06. The maximum atomic E-state index is 11.8. The lowest BCUT2D eigenvalue weighted by Crippen LogP contribution is -2.01. The number of benzene rings is 2. The van der Waals surface area contributed by atoms with Crippen molar-refractivity contribution in [2.75, 3.05) is 7.11 Å². The van der Waals surface area contributed by atoms with Gasteiger partial charge in [0.2, 0.25) is 0 Å². The topological polar surface area (TPSA) is 57.0 Å². The molecule has 118 valence electrons. The normalized spacial score (nSPS) is 11.1. The Hall–Kier alpha value is -3.21. The fourth-order valence-corrected chi connectivity index (χ4v) is 2.97. The van der Waals surface area contributed by atoms with Crippen LogP contribution in [0.15, 0.2) is 54.7 Å². The molecule has 0 saturated heterocycles. The molecular formula is C19H15N3O2. The summed E-state index contributed by atoms with van der Waals surface area (Å²) in [5.74, 6) is 0.486. The Balaban J connectivity index is 1.97. The average Bonchev–Trinajstić information content (AvgIpc) is 2.96. The van der Waals surface area contributed by atoms with Crippen molar-refractivity contribution in [1.29, 1.82) is 0 Å². The van der Waals surface area contributed by atoms with Crippen LogP contribution in [0.4, 0.5) is 0 Å². The zero-order chi connectivity index (χ0) is 16.7. The molecule has 0 bridgehead atoms. The van der Waals surface area contributed by atoms with E-state index in [1.54, 1.807) is 18.3 Å². The molecule has 0 aliphatic heterocycles. The number of aromatic nitrogens is 3. The third-order valence-electron chi connectivity index (χ3n) is 4.19. The second-order valence-corrected chi connectivity index (χ2v) is 5.57. The molecule has 0 spiro atoms. The molecule has 0 unspecified atom stereocenters. The highest BCUT2D eigenvalue weighted by molar-refractivity contribution is 5.97. The maximum absolute atomic E-state index is 11.8. The van der Waals surface area contributed by atoms with Crippen molar-refractivity contribution < 1.29 is 9.53 Å². The third kappa shape index (κ3) is 2.13. The molecule has 5 heteroatoms. The number of hydrogen-bond donors (Lipinski definition) is 0. The van der Waals surface area contributed by atoms with Gasteiger partial charge in [-0.2, -0.15) is 0 Å². The van der Waals surface area contributed by atoms with E-state index in [4.69, 9.17) is 9.72 Å². The number of fused-ring (bicyclic) bond motifs is 2. The van der Waals surface area contributed by atoms with Crippen LogP contribution in [-0.2, 0) is 11.8 Å². The van der Waals surface area contributed by atoms with Crippen LogP contribution in [0.5, 0.6) is 0 Å². The fourth-order valence-electron chi connectivity index (χ4n) is 2.97. The molecule has 0 atom stereocenters. The molecule has 0 aliphatic carbocycles. The Labute approximate surface area is 138 Å². The van der Waals surface area contributed by atoms with E-state index >= 15 is 0 Å². The van der Waals surface area contributed by atoms with Crippen molar-refractivity contribution >= 4 is 27.9 Å². The van der Waals surface area contributed by atoms with Crippen molar-refractivity contribution in [3.8, 4) is 11.4 Å². The Morgan fingerprint density at radius 2 is 1.92 bits per heavy atom. The van der Waals surface area contributed by atoms with Gasteiger partial charge in [-0.05, 0) is 30.3 Å². The predicted octanol–water partition coefficient (Wildman–Crippen LogP) is 3.58. The minimum atomic E-state index is -0.353. The Morgan fingerprint density at radius 1 is 1.08 bits per heavy atom. The van der Waals surface area contributed by atoms with E-state index < -0.39 is 0 Å². The van der Waals surface area contributed by atoms with Gasteiger partial charge in [-0.1, -0.05) is 18.2 Å². The Morgan fingerprint density at radius 3 is 2.75 bits per heavy atom. The van der Waals surface area contributed by atoms with E-state index in [0.29, 0.717) is 5.56 Å². The van der Waals surface area contributed by atoms with Crippen LogP contribution in [0.2, 0.25) is 0 Å². The summed E-state index contributed by atoms with van der Waals surface area (Å²) >= 11 is 0. The first-order valence-electron chi connectivity index (χ1n) is 7.58. The van der Waals surface area contributed by atoms with Crippen molar-refractivity contribution in [3.63, 3.8) is 0 Å². The van der Waals surface area contributed by atoms with Gasteiger partial charge in [0.15, 0.2) is 0 Å². The van der Waals surface area contributed by atoms with E-state index in [9.17, 15) is 4.79 Å². The minimum Gasteiger partial charge on any atom is -0.465 e. The highest BCUT2D eigenvalue weighted by Crippen LogP contribution is 2.29. The van der Waals surface area contributed by atoms with E-state index in [-0.39, 0.29) is 5.97 Å². The van der Waals surface area contributed by atoms with Crippen LogP contribution in [0.25, 0.3) is 33.3 Å². The average molecular weight is 317 g/mol. The molecule has 4 rings (SSSR count). The lowest BCUT2D eigenvalue weighted by molar-refractivity contribution is 0.0601. The van der Waals surface area contributed by atoms with Gasteiger partial charge in [0.1, 0.15) is 5.82 Å². The molecule has 2 heterocycles. The molecule has 0 saturated carbocycles. The summed E-state index contributed by atoms with van der Waals surface area (Å²) in [5.41, 5.74) is 4.17. The number of pyridine rings is 1. The molecule has 0 N–H and O–H groups in total. The van der Waals surface area contributed by atoms with Crippen molar-refractivity contribution in [1.82, 2.24) is 14.5 Å². The van der Waals surface area contributed by atoms with Crippen LogP contribution in [0, 0.1) is 0 Å². The summed E-state index contributed by atoms with van der Waals surface area (Å²) in [6.45, 7) is 0. The monoisotopic (exact) mass is 317 g/mol. The summed E-state index contributed by atoms with van der Waals surface area (Å²) in [6.07, 6.45) is 1.79. The molecule has 24 heavy (non-hydrogen) atoms. The number of carbonyl (C=O) groups excluding carboxylic acids is 1. The standard InChI is InChI=1S/C19H15N3O2/c1-22-17-11-12(19(23)24-2)7-8-16(17)21-18(22)14-9-10-20-15-6-4-3-5-13(14)15/h3-11H,1-2H3. The minimum absolute atomic E-state index is 0.353. The molecular weight excluding hydrogens is 302 g/mol. The van der Waals surface area contributed by atoms with Gasteiger partial charge < -0.3 is 9.30 Å². The SMILES string of the molecule is COC(=O)c1ccc2nc(-c3ccnc4ccccc34)n(C)c2c1. The second-order valence-electron chi connectivity index (χ2n) is 5.57. The summed E-state index contributed by atoms with van der Waals surface area (Å²) in [6, 6.07) is 15.3. The highest BCUT2D eigenvalue weighted by atomic mass is 16.5. The number of hydrogen-bond acceptors (Lipinski definition) is 4. The number of nitrogens with zero attached hydrogens (tertiary/aromatic N) is 3. The van der Waals surface area contributed by atoms with Crippen molar-refractivity contribution in [3.05, 3.63) is 60.3 Å². The second kappa shape index (κ2) is 5.45. The molecule has 4 aromatic rings. The first-order valence-corrected chi connectivity index (χ1v) is 7.58. The number of ether oxygens (including phenoxy) is 1. The molecule has 0 aliphatic rings. The number of esters is 1. The summed E-state index contributed by atoms with van der Waals surface area (Å²) in [5, 5.41) is 1.05. The van der Waals surface area contributed by atoms with Gasteiger partial charge in [0.05, 0.1) is 29.2 Å². The van der Waals surface area contributed by atoms with Crippen molar-refractivity contribution in [2.45, 2.75) is 0 Å². The van der Waals surface area contributed by atoms with Crippen LogP contribution in [-0.4, -0.2) is 27.6 Å². The number of carbonyl (C=O) groups is 1. The number of methoxy groups -OCH3 is 1. The quantitative estimate of drug-likeness (QED) is 0.530. The van der Waals surface area contributed by atoms with Gasteiger partial charge in [0.25, 0.3) is 0 Å². The maximum Gasteiger partial charge on any atom is 0.337 e. The van der Waals surface area contributed by atoms with Gasteiger partial charge in [-0.25, -0.2) is 9.78 Å². The predicted molar refractivity (Wildman–Crippen MR) is 92.8 cm³/mol. The molecule has 2 aromatic heterocycles. The summed E-state index contributed by atoms with van der Waals surface area (Å²) in [4.78, 5) is 20.9. The van der Waals surface area contributed by atoms with Crippen LogP contribution in [0.3, 0.4) is 0 Å². The smallest absolute Gasteiger partial charge is 0.337 e. The van der Waals surface area contributed by atoms with Crippen LogP contribution in [0.1, 0.15) is 10.4 Å². The number of rotatable bonds is 2. The van der Waals surface area contributed by atoms with Gasteiger partial charge >= 0.3 is 5.97 Å². The zero-order valence-corrected chi connectivity index (χ0v) is 13.4. The first kappa shape index (κ1) is 14.4. The van der Waals surface area contributed by atoms with Crippen LogP contribution >= 0.6 is 0 Å². The summed E-state index contributed by atoms with van der Waals surface area (Å²) < 4.78 is 6.79. The third-order valence-corrected chi connectivity index (χ3v) is 4.19. The van der Waals surface area contributed by atoms with E-state index in [1.165, 1.54) is 7.11 Å². The number of imidazole rings is 1. The number of para-hydroxylation sites is 1. The van der Waals surface area contributed by atoms with Crippen LogP contribution < -0.4 is 0 Å². The van der Waals surface area contributed by atoms with Gasteiger partial charge in [-0.15, -0.1) is 0 Å². The van der Waals surface area contributed by atoms with E-state index in [2.05, 4.69) is 4.98 Å². The van der Waals surface area contributed by atoms with E-state index in [1.807, 2.05) is 48.0 Å². The lowest BCUT2D eigenvalue weighted by atomic mass is 10.1. The number of aryl methyl sites for hydroxylation is 1.